The Balaban J connectivity index is 1.59. The van der Waals surface area contributed by atoms with E-state index in [9.17, 15) is 18.0 Å². The molecule has 2 saturated heterocycles. The van der Waals surface area contributed by atoms with Gasteiger partial charge in [-0.1, -0.05) is 25.9 Å². The largest absolute Gasteiger partial charge is 0.359 e. The fraction of sp³-hybridized carbons (Fsp3) is 0.688. The second kappa shape index (κ2) is 6.57. The number of nitrogens with zero attached hydrogens (tertiary/aromatic N) is 3. The fourth-order valence-electron chi connectivity index (χ4n) is 2.87. The lowest BCUT2D eigenvalue weighted by Crippen LogP contribution is -2.61. The number of carbonyl (C=O) groups excluding carboxylic acids is 2. The molecule has 2 aliphatic rings. The lowest BCUT2D eigenvalue weighted by atomic mass is 9.93. The zero-order valence-corrected chi connectivity index (χ0v) is 16.0. The van der Waals surface area contributed by atoms with Crippen molar-refractivity contribution in [1.29, 1.82) is 0 Å². The first-order valence-corrected chi connectivity index (χ1v) is 10.4. The van der Waals surface area contributed by atoms with Gasteiger partial charge in [0, 0.05) is 31.1 Å². The SMILES string of the molecule is CC(C)(C)c1cc(NC(=O)[C@@H]2CCN2C(=O)N2CCS(=O)(=O)CC2)no1. The number of sulfone groups is 1. The second-order valence-corrected chi connectivity index (χ2v) is 10.0. The zero-order valence-electron chi connectivity index (χ0n) is 15.2. The number of aromatic nitrogens is 1. The van der Waals surface area contributed by atoms with Crippen LogP contribution in [0.2, 0.25) is 0 Å². The topological polar surface area (TPSA) is 113 Å². The van der Waals surface area contributed by atoms with Gasteiger partial charge < -0.3 is 19.6 Å². The van der Waals surface area contributed by atoms with Gasteiger partial charge in [0.05, 0.1) is 11.5 Å². The maximum Gasteiger partial charge on any atom is 0.320 e. The Hall–Kier alpha value is -2.10. The van der Waals surface area contributed by atoms with E-state index in [1.807, 2.05) is 20.8 Å². The number of hydrogen-bond acceptors (Lipinski definition) is 6. The molecule has 3 rings (SSSR count). The summed E-state index contributed by atoms with van der Waals surface area (Å²) in [6.07, 6.45) is 0.563. The molecule has 0 bridgehead atoms. The average Bonchev–Trinajstić information content (AvgIpc) is 2.94. The number of amides is 3. The average molecular weight is 384 g/mol. The molecule has 1 atom stereocenters. The maximum absolute atomic E-state index is 12.5. The van der Waals surface area contributed by atoms with Crippen molar-refractivity contribution in [2.24, 2.45) is 0 Å². The molecule has 2 fully saturated rings. The number of rotatable bonds is 2. The Bertz CT molecular complexity index is 797. The van der Waals surface area contributed by atoms with Crippen molar-refractivity contribution in [1.82, 2.24) is 15.0 Å². The molecule has 1 N–H and O–H groups in total. The first-order chi connectivity index (χ1) is 12.1. The molecule has 3 heterocycles. The lowest BCUT2D eigenvalue weighted by Gasteiger charge is -2.43. The second-order valence-electron chi connectivity index (χ2n) is 7.73. The van der Waals surface area contributed by atoms with Crippen molar-refractivity contribution in [2.45, 2.75) is 38.6 Å². The summed E-state index contributed by atoms with van der Waals surface area (Å²) in [4.78, 5) is 28.0. The quantitative estimate of drug-likeness (QED) is 0.808. The first kappa shape index (κ1) is 18.7. The summed E-state index contributed by atoms with van der Waals surface area (Å²) in [6, 6.07) is 0.816. The molecule has 1 aromatic heterocycles. The Morgan fingerprint density at radius 1 is 1.23 bits per heavy atom. The van der Waals surface area contributed by atoms with Crippen LogP contribution < -0.4 is 5.32 Å². The van der Waals surface area contributed by atoms with Crippen molar-refractivity contribution in [3.8, 4) is 0 Å². The molecular weight excluding hydrogens is 360 g/mol. The standard InChI is InChI=1S/C16H24N4O5S/c1-16(2,3)12-10-13(18-25-12)17-14(21)11-4-5-20(11)15(22)19-6-8-26(23,24)9-7-19/h10-11H,4-9H2,1-3H3,(H,17,18,21)/t11-/m0/s1. The third-order valence-corrected chi connectivity index (χ3v) is 6.29. The third kappa shape index (κ3) is 3.84. The van der Waals surface area contributed by atoms with Gasteiger partial charge in [0.25, 0.3) is 0 Å². The van der Waals surface area contributed by atoms with Gasteiger partial charge in [0.15, 0.2) is 15.7 Å². The molecule has 2 aliphatic heterocycles. The summed E-state index contributed by atoms with van der Waals surface area (Å²) in [6.45, 7) is 6.75. The van der Waals surface area contributed by atoms with Gasteiger partial charge in [-0.05, 0) is 6.42 Å². The van der Waals surface area contributed by atoms with Crippen LogP contribution in [0.4, 0.5) is 10.6 Å². The van der Waals surface area contributed by atoms with Gasteiger partial charge in [0.2, 0.25) is 5.91 Å². The molecule has 0 radical (unpaired) electrons. The molecule has 0 aliphatic carbocycles. The number of carbonyl (C=O) groups is 2. The van der Waals surface area contributed by atoms with Crippen LogP contribution in [0.3, 0.4) is 0 Å². The summed E-state index contributed by atoms with van der Waals surface area (Å²) < 4.78 is 28.2. The van der Waals surface area contributed by atoms with Crippen molar-refractivity contribution >= 4 is 27.6 Å². The molecule has 144 valence electrons. The molecular formula is C16H24N4O5S. The molecule has 0 unspecified atom stereocenters. The summed E-state index contributed by atoms with van der Waals surface area (Å²) in [5, 5.41) is 6.54. The minimum Gasteiger partial charge on any atom is -0.359 e. The molecule has 3 amide bonds. The van der Waals surface area contributed by atoms with E-state index in [0.29, 0.717) is 24.5 Å². The highest BCUT2D eigenvalue weighted by Gasteiger charge is 2.41. The Labute approximate surface area is 152 Å². The van der Waals surface area contributed by atoms with Crippen LogP contribution in [-0.2, 0) is 20.0 Å². The summed E-state index contributed by atoms with van der Waals surface area (Å²) in [5.41, 5.74) is -0.219. The highest BCUT2D eigenvalue weighted by atomic mass is 32.2. The maximum atomic E-state index is 12.5. The smallest absolute Gasteiger partial charge is 0.320 e. The molecule has 1 aromatic rings. The van der Waals surface area contributed by atoms with Crippen LogP contribution >= 0.6 is 0 Å². The van der Waals surface area contributed by atoms with Crippen LogP contribution in [0, 0.1) is 0 Å². The van der Waals surface area contributed by atoms with Crippen molar-refractivity contribution in [3.05, 3.63) is 11.8 Å². The van der Waals surface area contributed by atoms with Gasteiger partial charge >= 0.3 is 6.03 Å². The van der Waals surface area contributed by atoms with Crippen LogP contribution in [0.25, 0.3) is 0 Å². The van der Waals surface area contributed by atoms with Gasteiger partial charge in [-0.15, -0.1) is 0 Å². The zero-order chi connectivity index (χ0) is 19.1. The Morgan fingerprint density at radius 3 is 2.38 bits per heavy atom. The summed E-state index contributed by atoms with van der Waals surface area (Å²) in [5.74, 6) is 0.603. The predicted octanol–water partition coefficient (Wildman–Crippen LogP) is 0.835. The predicted molar refractivity (Wildman–Crippen MR) is 94.6 cm³/mol. The summed E-state index contributed by atoms with van der Waals surface area (Å²) in [7, 11) is -3.05. The van der Waals surface area contributed by atoms with E-state index in [0.717, 1.165) is 0 Å². The third-order valence-electron chi connectivity index (χ3n) is 4.68. The normalized spacial score (nSPS) is 22.7. The number of likely N-dealkylation sites (tertiary alicyclic amines) is 1. The molecule has 0 saturated carbocycles. The van der Waals surface area contributed by atoms with Crippen LogP contribution in [0.5, 0.6) is 0 Å². The fourth-order valence-corrected chi connectivity index (χ4v) is 4.07. The van der Waals surface area contributed by atoms with E-state index >= 15 is 0 Å². The van der Waals surface area contributed by atoms with Gasteiger partial charge in [-0.3, -0.25) is 4.79 Å². The van der Waals surface area contributed by atoms with E-state index in [2.05, 4.69) is 10.5 Å². The minimum atomic E-state index is -3.05. The van der Waals surface area contributed by atoms with Crippen LogP contribution in [0.1, 0.15) is 33.0 Å². The van der Waals surface area contributed by atoms with E-state index in [-0.39, 0.29) is 41.9 Å². The van der Waals surface area contributed by atoms with E-state index in [4.69, 9.17) is 4.52 Å². The van der Waals surface area contributed by atoms with Gasteiger partial charge in [-0.25, -0.2) is 13.2 Å². The van der Waals surface area contributed by atoms with Crippen molar-refractivity contribution in [2.75, 3.05) is 36.5 Å². The molecule has 0 spiro atoms. The minimum absolute atomic E-state index is 0.0298. The number of urea groups is 1. The van der Waals surface area contributed by atoms with Crippen LogP contribution in [0.15, 0.2) is 10.6 Å². The van der Waals surface area contributed by atoms with E-state index in [1.54, 1.807) is 6.07 Å². The number of hydrogen-bond donors (Lipinski definition) is 1. The number of nitrogens with one attached hydrogen (secondary N) is 1. The Kier molecular flexibility index (Phi) is 4.72. The monoisotopic (exact) mass is 384 g/mol. The summed E-state index contributed by atoms with van der Waals surface area (Å²) >= 11 is 0. The van der Waals surface area contributed by atoms with Crippen LogP contribution in [-0.4, -0.2) is 72.5 Å². The van der Waals surface area contributed by atoms with Gasteiger partial charge in [0.1, 0.15) is 11.8 Å². The lowest BCUT2D eigenvalue weighted by molar-refractivity contribution is -0.124. The first-order valence-electron chi connectivity index (χ1n) is 8.61. The van der Waals surface area contributed by atoms with Crippen molar-refractivity contribution < 1.29 is 22.5 Å². The molecule has 9 nitrogen and oxygen atoms in total. The van der Waals surface area contributed by atoms with Crippen molar-refractivity contribution in [3.63, 3.8) is 0 Å². The highest BCUT2D eigenvalue weighted by Crippen LogP contribution is 2.26. The molecule has 10 heteroatoms. The Morgan fingerprint density at radius 2 is 1.88 bits per heavy atom. The molecule has 0 aromatic carbocycles. The van der Waals surface area contributed by atoms with E-state index in [1.165, 1.54) is 9.80 Å². The van der Waals surface area contributed by atoms with Gasteiger partial charge in [-0.2, -0.15) is 0 Å². The number of anilines is 1. The highest BCUT2D eigenvalue weighted by molar-refractivity contribution is 7.91. The molecule has 26 heavy (non-hydrogen) atoms. The van der Waals surface area contributed by atoms with E-state index < -0.39 is 15.9 Å².